The van der Waals surface area contributed by atoms with Gasteiger partial charge in [-0.3, -0.25) is 0 Å². The molecule has 0 radical (unpaired) electrons. The van der Waals surface area contributed by atoms with Crippen molar-refractivity contribution < 1.29 is 5.11 Å². The molecule has 2 heteroatoms. The Morgan fingerprint density at radius 2 is 1.88 bits per heavy atom. The molecule has 0 fully saturated rings. The van der Waals surface area contributed by atoms with E-state index >= 15 is 0 Å². The van der Waals surface area contributed by atoms with E-state index < -0.39 is 0 Å². The van der Waals surface area contributed by atoms with E-state index in [9.17, 15) is 5.11 Å². The molecule has 0 heterocycles. The standard InChI is InChI=1S/C14H23NO/c1-4-13(15)14(3,9-10-16)12-7-5-11(2)6-8-12/h5-8,13,16H,4,9-10,15H2,1-3H3. The fourth-order valence-electron chi connectivity index (χ4n) is 2.16. The van der Waals surface area contributed by atoms with E-state index in [1.165, 1.54) is 11.1 Å². The normalized spacial score (nSPS) is 16.8. The first-order chi connectivity index (χ1) is 7.54. The number of aryl methyl sites for hydroxylation is 1. The Morgan fingerprint density at radius 3 is 2.31 bits per heavy atom. The number of rotatable bonds is 5. The van der Waals surface area contributed by atoms with Gasteiger partial charge in [0, 0.05) is 18.1 Å². The predicted molar refractivity (Wildman–Crippen MR) is 68.5 cm³/mol. The second kappa shape index (κ2) is 5.46. The third-order valence-electron chi connectivity index (χ3n) is 3.60. The van der Waals surface area contributed by atoms with Gasteiger partial charge in [0.15, 0.2) is 0 Å². The van der Waals surface area contributed by atoms with Crippen LogP contribution in [0.1, 0.15) is 37.8 Å². The average Bonchev–Trinajstić information content (AvgIpc) is 2.29. The highest BCUT2D eigenvalue weighted by Gasteiger charge is 2.31. The second-order valence-corrected chi connectivity index (χ2v) is 4.77. The molecule has 2 nitrogen and oxygen atoms in total. The van der Waals surface area contributed by atoms with Gasteiger partial charge in [-0.05, 0) is 25.3 Å². The van der Waals surface area contributed by atoms with Gasteiger partial charge in [0.05, 0.1) is 0 Å². The van der Waals surface area contributed by atoms with Gasteiger partial charge in [0.2, 0.25) is 0 Å². The zero-order valence-corrected chi connectivity index (χ0v) is 10.5. The largest absolute Gasteiger partial charge is 0.396 e. The minimum absolute atomic E-state index is 0.0855. The Bertz CT molecular complexity index is 320. The third-order valence-corrected chi connectivity index (χ3v) is 3.60. The van der Waals surface area contributed by atoms with Gasteiger partial charge in [-0.1, -0.05) is 43.7 Å². The fourth-order valence-corrected chi connectivity index (χ4v) is 2.16. The average molecular weight is 221 g/mol. The van der Waals surface area contributed by atoms with E-state index in [2.05, 4.69) is 45.0 Å². The Hall–Kier alpha value is -0.860. The highest BCUT2D eigenvalue weighted by molar-refractivity contribution is 5.29. The maximum Gasteiger partial charge on any atom is 0.0440 e. The Labute approximate surface area is 98.5 Å². The summed E-state index contributed by atoms with van der Waals surface area (Å²) in [6.07, 6.45) is 1.63. The first-order valence-corrected chi connectivity index (χ1v) is 5.98. The number of hydrogen-bond acceptors (Lipinski definition) is 2. The third kappa shape index (κ3) is 2.63. The van der Waals surface area contributed by atoms with Crippen molar-refractivity contribution in [2.75, 3.05) is 6.61 Å². The summed E-state index contributed by atoms with van der Waals surface area (Å²) in [4.78, 5) is 0. The van der Waals surface area contributed by atoms with E-state index in [0.29, 0.717) is 6.42 Å². The minimum Gasteiger partial charge on any atom is -0.396 e. The Balaban J connectivity index is 3.05. The predicted octanol–water partition coefficient (Wildman–Crippen LogP) is 2.37. The smallest absolute Gasteiger partial charge is 0.0440 e. The molecule has 1 rings (SSSR count). The van der Waals surface area contributed by atoms with Gasteiger partial charge in [-0.15, -0.1) is 0 Å². The first-order valence-electron chi connectivity index (χ1n) is 5.98. The van der Waals surface area contributed by atoms with Crippen molar-refractivity contribution in [3.05, 3.63) is 35.4 Å². The highest BCUT2D eigenvalue weighted by atomic mass is 16.3. The maximum atomic E-state index is 9.21. The van der Waals surface area contributed by atoms with E-state index in [4.69, 9.17) is 5.73 Å². The summed E-state index contributed by atoms with van der Waals surface area (Å²) in [5.74, 6) is 0. The van der Waals surface area contributed by atoms with Crippen LogP contribution in [0, 0.1) is 6.92 Å². The zero-order valence-electron chi connectivity index (χ0n) is 10.5. The maximum absolute atomic E-state index is 9.21. The Morgan fingerprint density at radius 1 is 1.31 bits per heavy atom. The molecule has 0 bridgehead atoms. The number of hydrogen-bond donors (Lipinski definition) is 2. The van der Waals surface area contributed by atoms with Gasteiger partial charge in [0.25, 0.3) is 0 Å². The zero-order chi connectivity index (χ0) is 12.2. The summed E-state index contributed by atoms with van der Waals surface area (Å²) in [6, 6.07) is 8.55. The summed E-state index contributed by atoms with van der Waals surface area (Å²) < 4.78 is 0. The van der Waals surface area contributed by atoms with Gasteiger partial charge in [-0.25, -0.2) is 0 Å². The molecule has 1 aromatic carbocycles. The van der Waals surface area contributed by atoms with Crippen molar-refractivity contribution in [2.45, 2.75) is 45.1 Å². The number of aliphatic hydroxyl groups is 1. The van der Waals surface area contributed by atoms with E-state index in [1.807, 2.05) is 0 Å². The molecule has 0 saturated heterocycles. The molecule has 3 N–H and O–H groups in total. The van der Waals surface area contributed by atoms with E-state index in [-0.39, 0.29) is 18.1 Å². The van der Waals surface area contributed by atoms with Crippen molar-refractivity contribution in [2.24, 2.45) is 5.73 Å². The van der Waals surface area contributed by atoms with Gasteiger partial charge in [-0.2, -0.15) is 0 Å². The van der Waals surface area contributed by atoms with E-state index in [0.717, 1.165) is 6.42 Å². The molecule has 0 aromatic heterocycles. The molecule has 2 unspecified atom stereocenters. The van der Waals surface area contributed by atoms with Crippen molar-refractivity contribution in [1.29, 1.82) is 0 Å². The summed E-state index contributed by atoms with van der Waals surface area (Å²) >= 11 is 0. The van der Waals surface area contributed by atoms with Crippen LogP contribution in [0.3, 0.4) is 0 Å². The molecule has 90 valence electrons. The van der Waals surface area contributed by atoms with Crippen LogP contribution >= 0.6 is 0 Å². The van der Waals surface area contributed by atoms with Gasteiger partial charge in [0.1, 0.15) is 0 Å². The molecule has 0 saturated carbocycles. The molecule has 16 heavy (non-hydrogen) atoms. The molecule has 0 aliphatic heterocycles. The van der Waals surface area contributed by atoms with Crippen LogP contribution in [-0.2, 0) is 5.41 Å². The molecule has 0 aliphatic carbocycles. The molecule has 0 aliphatic rings. The molecule has 0 amide bonds. The van der Waals surface area contributed by atoms with Crippen LogP contribution in [0.2, 0.25) is 0 Å². The van der Waals surface area contributed by atoms with Crippen LogP contribution in [0.15, 0.2) is 24.3 Å². The van der Waals surface area contributed by atoms with E-state index in [1.54, 1.807) is 0 Å². The summed E-state index contributed by atoms with van der Waals surface area (Å²) in [6.45, 7) is 6.49. The number of benzene rings is 1. The van der Waals surface area contributed by atoms with Crippen LogP contribution in [0.5, 0.6) is 0 Å². The number of nitrogens with two attached hydrogens (primary N) is 1. The monoisotopic (exact) mass is 221 g/mol. The molecule has 0 spiro atoms. The molecular formula is C14H23NO. The fraction of sp³-hybridized carbons (Fsp3) is 0.571. The lowest BCUT2D eigenvalue weighted by Gasteiger charge is -2.35. The SMILES string of the molecule is CCC(N)C(C)(CCO)c1ccc(C)cc1. The van der Waals surface area contributed by atoms with Crippen LogP contribution in [-0.4, -0.2) is 17.8 Å². The summed E-state index contributed by atoms with van der Waals surface area (Å²) in [5.41, 5.74) is 8.54. The lowest BCUT2D eigenvalue weighted by Crippen LogP contribution is -2.43. The molecule has 1 aromatic rings. The lowest BCUT2D eigenvalue weighted by atomic mass is 9.73. The quantitative estimate of drug-likeness (QED) is 0.802. The van der Waals surface area contributed by atoms with Gasteiger partial charge < -0.3 is 10.8 Å². The summed E-state index contributed by atoms with van der Waals surface area (Å²) in [5, 5.41) is 9.21. The summed E-state index contributed by atoms with van der Waals surface area (Å²) in [7, 11) is 0. The van der Waals surface area contributed by atoms with Gasteiger partial charge >= 0.3 is 0 Å². The second-order valence-electron chi connectivity index (χ2n) is 4.77. The highest BCUT2D eigenvalue weighted by Crippen LogP contribution is 2.31. The van der Waals surface area contributed by atoms with Crippen LogP contribution < -0.4 is 5.73 Å². The molecular weight excluding hydrogens is 198 g/mol. The van der Waals surface area contributed by atoms with Crippen LogP contribution in [0.25, 0.3) is 0 Å². The first kappa shape index (κ1) is 13.2. The van der Waals surface area contributed by atoms with Crippen molar-refractivity contribution in [3.8, 4) is 0 Å². The Kier molecular flexibility index (Phi) is 4.51. The van der Waals surface area contributed by atoms with Crippen molar-refractivity contribution in [3.63, 3.8) is 0 Å². The topological polar surface area (TPSA) is 46.2 Å². The minimum atomic E-state index is -0.128. The number of aliphatic hydroxyl groups excluding tert-OH is 1. The van der Waals surface area contributed by atoms with Crippen molar-refractivity contribution in [1.82, 2.24) is 0 Å². The van der Waals surface area contributed by atoms with Crippen molar-refractivity contribution >= 4 is 0 Å². The lowest BCUT2D eigenvalue weighted by molar-refractivity contribution is 0.223. The van der Waals surface area contributed by atoms with Crippen LogP contribution in [0.4, 0.5) is 0 Å². The molecule has 2 atom stereocenters.